The van der Waals surface area contributed by atoms with Crippen LogP contribution < -0.4 is 10.6 Å². The fourth-order valence-corrected chi connectivity index (χ4v) is 3.03. The molecule has 3 rings (SSSR count). The van der Waals surface area contributed by atoms with Gasteiger partial charge in [0.1, 0.15) is 0 Å². The van der Waals surface area contributed by atoms with Crippen LogP contribution in [0.25, 0.3) is 0 Å². The van der Waals surface area contributed by atoms with Crippen LogP contribution in [0.4, 0.5) is 0 Å². The lowest BCUT2D eigenvalue weighted by molar-refractivity contribution is 0.0937. The summed E-state index contributed by atoms with van der Waals surface area (Å²) in [7, 11) is 0. The average Bonchev–Trinajstić information content (AvgIpc) is 3.19. The molecule has 1 aliphatic rings. The van der Waals surface area contributed by atoms with E-state index >= 15 is 0 Å². The number of nitrogens with zero attached hydrogens (tertiary/aromatic N) is 3. The van der Waals surface area contributed by atoms with Crippen LogP contribution in [0, 0.1) is 0 Å². The summed E-state index contributed by atoms with van der Waals surface area (Å²) >= 11 is 0. The largest absolute Gasteiger partial charge is 0.381 e. The minimum atomic E-state index is -0.172. The highest BCUT2D eigenvalue weighted by Gasteiger charge is 2.18. The van der Waals surface area contributed by atoms with Gasteiger partial charge < -0.3 is 15.4 Å². The highest BCUT2D eigenvalue weighted by atomic mass is 16.5. The Morgan fingerprint density at radius 2 is 2.04 bits per heavy atom. The highest BCUT2D eigenvalue weighted by molar-refractivity contribution is 5.91. The van der Waals surface area contributed by atoms with E-state index in [1.54, 1.807) is 6.20 Å². The van der Waals surface area contributed by atoms with Crippen molar-refractivity contribution in [3.63, 3.8) is 0 Å². The molecule has 1 saturated heterocycles. The minimum absolute atomic E-state index is 0.172. The molecule has 0 bridgehead atoms. The van der Waals surface area contributed by atoms with E-state index in [9.17, 15) is 4.79 Å². The molecule has 2 heterocycles. The molecule has 1 aromatic heterocycles. The molecular weight excluding hydrogens is 330 g/mol. The van der Waals surface area contributed by atoms with Gasteiger partial charge in [-0.2, -0.15) is 0 Å². The van der Waals surface area contributed by atoms with E-state index in [0.29, 0.717) is 31.5 Å². The molecule has 1 aromatic carbocycles. The van der Waals surface area contributed by atoms with E-state index < -0.39 is 0 Å². The normalized spacial score (nSPS) is 15.1. The van der Waals surface area contributed by atoms with Crippen molar-refractivity contribution in [3.05, 3.63) is 47.8 Å². The van der Waals surface area contributed by atoms with E-state index in [4.69, 9.17) is 4.74 Å². The van der Waals surface area contributed by atoms with Crippen LogP contribution in [0.2, 0.25) is 0 Å². The van der Waals surface area contributed by atoms with Gasteiger partial charge in [0.2, 0.25) is 0 Å². The van der Waals surface area contributed by atoms with Crippen molar-refractivity contribution in [2.45, 2.75) is 31.7 Å². The smallest absolute Gasteiger partial charge is 0.273 e. The zero-order chi connectivity index (χ0) is 18.0. The molecule has 0 atom stereocenters. The number of hydrogen-bond donors (Lipinski definition) is 2. The number of amides is 1. The molecule has 1 aliphatic heterocycles. The number of carbonyl (C=O) groups is 1. The Labute approximate surface area is 154 Å². The van der Waals surface area contributed by atoms with Crippen LogP contribution in [-0.2, 0) is 11.2 Å². The average molecular weight is 357 g/mol. The molecule has 1 amide bonds. The summed E-state index contributed by atoms with van der Waals surface area (Å²) in [6.45, 7) is 3.87. The Kier molecular flexibility index (Phi) is 7.15. The van der Waals surface area contributed by atoms with Gasteiger partial charge in [-0.05, 0) is 44.3 Å². The van der Waals surface area contributed by atoms with Gasteiger partial charge in [-0.1, -0.05) is 35.5 Å². The second kappa shape index (κ2) is 10.0. The third-order valence-corrected chi connectivity index (χ3v) is 4.55. The van der Waals surface area contributed by atoms with Crippen LogP contribution in [0.3, 0.4) is 0 Å². The number of aromatic nitrogens is 3. The number of benzene rings is 1. The molecular formula is C19H27N5O2. The van der Waals surface area contributed by atoms with Crippen molar-refractivity contribution in [1.29, 1.82) is 0 Å². The van der Waals surface area contributed by atoms with Gasteiger partial charge in [-0.25, -0.2) is 4.68 Å². The van der Waals surface area contributed by atoms with Crippen LogP contribution in [0.15, 0.2) is 36.5 Å². The third-order valence-electron chi connectivity index (χ3n) is 4.55. The molecule has 0 unspecified atom stereocenters. The lowest BCUT2D eigenvalue weighted by Crippen LogP contribution is -2.29. The number of ether oxygens (including phenoxy) is 1. The first-order chi connectivity index (χ1) is 12.8. The topological polar surface area (TPSA) is 81.1 Å². The minimum Gasteiger partial charge on any atom is -0.381 e. The van der Waals surface area contributed by atoms with Crippen LogP contribution in [-0.4, -0.2) is 53.7 Å². The van der Waals surface area contributed by atoms with Gasteiger partial charge in [0.05, 0.1) is 18.8 Å². The SMILES string of the molecule is O=C(NCCCOCCc1ccccc1)c1cn(C2CCNCC2)nn1. The number of carbonyl (C=O) groups excluding carboxylic acids is 1. The zero-order valence-electron chi connectivity index (χ0n) is 15.1. The molecule has 2 aromatic rings. The molecule has 26 heavy (non-hydrogen) atoms. The van der Waals surface area contributed by atoms with Crippen molar-refractivity contribution in [3.8, 4) is 0 Å². The van der Waals surface area contributed by atoms with Gasteiger partial charge in [0.15, 0.2) is 5.69 Å². The molecule has 0 saturated carbocycles. The van der Waals surface area contributed by atoms with E-state index in [1.807, 2.05) is 22.9 Å². The van der Waals surface area contributed by atoms with Crippen molar-refractivity contribution < 1.29 is 9.53 Å². The first kappa shape index (κ1) is 18.5. The summed E-state index contributed by atoms with van der Waals surface area (Å²) < 4.78 is 7.44. The Bertz CT molecular complexity index is 668. The number of nitrogens with one attached hydrogen (secondary N) is 2. The predicted octanol–water partition coefficient (Wildman–Crippen LogP) is 1.58. The fraction of sp³-hybridized carbons (Fsp3) is 0.526. The van der Waals surface area contributed by atoms with Crippen molar-refractivity contribution in [2.24, 2.45) is 0 Å². The van der Waals surface area contributed by atoms with Crippen LogP contribution in [0.1, 0.15) is 41.4 Å². The molecule has 140 valence electrons. The summed E-state index contributed by atoms with van der Waals surface area (Å²) in [6.07, 6.45) is 5.48. The first-order valence-corrected chi connectivity index (χ1v) is 9.35. The second-order valence-electron chi connectivity index (χ2n) is 6.52. The lowest BCUT2D eigenvalue weighted by atomic mass is 10.1. The summed E-state index contributed by atoms with van der Waals surface area (Å²) in [5, 5.41) is 14.3. The van der Waals surface area contributed by atoms with Gasteiger partial charge in [-0.3, -0.25) is 4.79 Å². The molecule has 0 radical (unpaired) electrons. The van der Waals surface area contributed by atoms with Gasteiger partial charge >= 0.3 is 0 Å². The Balaban J connectivity index is 1.29. The molecule has 2 N–H and O–H groups in total. The molecule has 0 spiro atoms. The molecule has 0 aliphatic carbocycles. The van der Waals surface area contributed by atoms with E-state index in [1.165, 1.54) is 5.56 Å². The third kappa shape index (κ3) is 5.64. The second-order valence-corrected chi connectivity index (χ2v) is 6.52. The lowest BCUT2D eigenvalue weighted by Gasteiger charge is -2.22. The Morgan fingerprint density at radius 1 is 1.23 bits per heavy atom. The van der Waals surface area contributed by atoms with E-state index in [0.717, 1.165) is 38.8 Å². The summed E-state index contributed by atoms with van der Waals surface area (Å²) in [6, 6.07) is 10.6. The summed E-state index contributed by atoms with van der Waals surface area (Å²) in [5.41, 5.74) is 1.66. The highest BCUT2D eigenvalue weighted by Crippen LogP contribution is 2.16. The molecule has 7 nitrogen and oxygen atoms in total. The number of hydrogen-bond acceptors (Lipinski definition) is 5. The maximum Gasteiger partial charge on any atom is 0.273 e. The van der Waals surface area contributed by atoms with Crippen molar-refractivity contribution in [1.82, 2.24) is 25.6 Å². The summed E-state index contributed by atoms with van der Waals surface area (Å²) in [5.74, 6) is -0.172. The van der Waals surface area contributed by atoms with Crippen molar-refractivity contribution in [2.75, 3.05) is 32.8 Å². The Hall–Kier alpha value is -2.25. The molecule has 7 heteroatoms. The fourth-order valence-electron chi connectivity index (χ4n) is 3.03. The van der Waals surface area contributed by atoms with E-state index in [2.05, 4.69) is 33.1 Å². The molecule has 1 fully saturated rings. The predicted molar refractivity (Wildman–Crippen MR) is 99.1 cm³/mol. The number of piperidine rings is 1. The zero-order valence-corrected chi connectivity index (χ0v) is 15.1. The first-order valence-electron chi connectivity index (χ1n) is 9.35. The van der Waals surface area contributed by atoms with E-state index in [-0.39, 0.29) is 5.91 Å². The van der Waals surface area contributed by atoms with Crippen molar-refractivity contribution >= 4 is 5.91 Å². The Morgan fingerprint density at radius 3 is 2.85 bits per heavy atom. The van der Waals surface area contributed by atoms with Crippen LogP contribution >= 0.6 is 0 Å². The van der Waals surface area contributed by atoms with Gasteiger partial charge in [0, 0.05) is 13.2 Å². The maximum atomic E-state index is 12.1. The van der Waals surface area contributed by atoms with Gasteiger partial charge in [-0.15, -0.1) is 5.10 Å². The quantitative estimate of drug-likeness (QED) is 0.666. The monoisotopic (exact) mass is 357 g/mol. The number of rotatable bonds is 9. The standard InChI is InChI=1S/C19H27N5O2/c25-19(18-15-24(23-22-18)17-7-11-20-12-8-17)21-10-4-13-26-14-9-16-5-2-1-3-6-16/h1-3,5-6,15,17,20H,4,7-14H2,(H,21,25). The maximum absolute atomic E-state index is 12.1. The summed E-state index contributed by atoms with van der Waals surface area (Å²) in [4.78, 5) is 12.1. The van der Waals surface area contributed by atoms with Gasteiger partial charge in [0.25, 0.3) is 5.91 Å². The van der Waals surface area contributed by atoms with Crippen LogP contribution in [0.5, 0.6) is 0 Å².